The zero-order valence-electron chi connectivity index (χ0n) is 15.7. The van der Waals surface area contributed by atoms with Crippen LogP contribution in [0.5, 0.6) is 5.75 Å². The molecule has 0 N–H and O–H groups in total. The summed E-state index contributed by atoms with van der Waals surface area (Å²) in [6.45, 7) is 6.05. The molecule has 5 nitrogen and oxygen atoms in total. The number of para-hydroxylation sites is 1. The molecule has 0 aliphatic heterocycles. The normalized spacial score (nSPS) is 11.8. The molecule has 150 valence electrons. The number of carbonyl (C=O) groups is 1. The zero-order chi connectivity index (χ0) is 20.8. The Hall–Kier alpha value is -2.64. The van der Waals surface area contributed by atoms with Crippen LogP contribution in [0.4, 0.5) is 4.39 Å². The third kappa shape index (κ3) is 5.25. The maximum Gasteiger partial charge on any atom is 0.192 e. The maximum atomic E-state index is 13.8. The largest absolute Gasteiger partial charge is 0.483 e. The first-order valence-electron chi connectivity index (χ1n) is 8.86. The van der Waals surface area contributed by atoms with Crippen LogP contribution in [0.25, 0.3) is 0 Å². The van der Waals surface area contributed by atoms with Crippen LogP contribution in [0.15, 0.2) is 66.3 Å². The van der Waals surface area contributed by atoms with E-state index in [0.29, 0.717) is 28.1 Å². The van der Waals surface area contributed by atoms with E-state index >= 15 is 0 Å². The van der Waals surface area contributed by atoms with Gasteiger partial charge in [-0.15, -0.1) is 16.8 Å². The van der Waals surface area contributed by atoms with Gasteiger partial charge in [0.05, 0.1) is 5.25 Å². The molecule has 3 aromatic rings. The summed E-state index contributed by atoms with van der Waals surface area (Å²) in [4.78, 5) is 12.7. The van der Waals surface area contributed by atoms with Gasteiger partial charge in [-0.1, -0.05) is 41.6 Å². The van der Waals surface area contributed by atoms with E-state index in [4.69, 9.17) is 16.3 Å². The molecule has 0 radical (unpaired) electrons. The van der Waals surface area contributed by atoms with Gasteiger partial charge in [0.2, 0.25) is 0 Å². The number of ether oxygens (including phenoxy) is 1. The molecule has 0 amide bonds. The van der Waals surface area contributed by atoms with Crippen molar-refractivity contribution in [3.8, 4) is 5.75 Å². The molecular weight excluding hydrogens is 413 g/mol. The number of allylic oxidation sites excluding steroid dienone is 1. The number of carbonyl (C=O) groups excluding carboxylic acids is 1. The van der Waals surface area contributed by atoms with Crippen LogP contribution >= 0.6 is 23.4 Å². The smallest absolute Gasteiger partial charge is 0.192 e. The van der Waals surface area contributed by atoms with E-state index in [9.17, 15) is 9.18 Å². The predicted molar refractivity (Wildman–Crippen MR) is 112 cm³/mol. The minimum atomic E-state index is -0.445. The molecule has 0 spiro atoms. The van der Waals surface area contributed by atoms with Gasteiger partial charge in [-0.2, -0.15) is 0 Å². The van der Waals surface area contributed by atoms with Crippen molar-refractivity contribution in [2.75, 3.05) is 0 Å². The van der Waals surface area contributed by atoms with Crippen molar-refractivity contribution in [1.82, 2.24) is 14.8 Å². The monoisotopic (exact) mass is 431 g/mol. The Balaban J connectivity index is 1.73. The lowest BCUT2D eigenvalue weighted by Gasteiger charge is -2.12. The number of halogens is 2. The quantitative estimate of drug-likeness (QED) is 0.265. The van der Waals surface area contributed by atoms with Crippen molar-refractivity contribution in [3.63, 3.8) is 0 Å². The molecule has 1 heterocycles. The van der Waals surface area contributed by atoms with Gasteiger partial charge in [0.15, 0.2) is 28.3 Å². The number of Topliss-reactive ketones (excluding diaryl/α,β-unsaturated/α-hetero) is 1. The van der Waals surface area contributed by atoms with Crippen molar-refractivity contribution in [3.05, 3.63) is 83.4 Å². The van der Waals surface area contributed by atoms with Crippen LogP contribution in [-0.4, -0.2) is 25.8 Å². The second-order valence-corrected chi connectivity index (χ2v) is 7.89. The summed E-state index contributed by atoms with van der Waals surface area (Å²) in [6.07, 6.45) is 1.70. The van der Waals surface area contributed by atoms with Gasteiger partial charge in [0.25, 0.3) is 0 Å². The maximum absolute atomic E-state index is 13.8. The highest BCUT2D eigenvalue weighted by molar-refractivity contribution is 8.00. The van der Waals surface area contributed by atoms with Crippen molar-refractivity contribution >= 4 is 29.1 Å². The summed E-state index contributed by atoms with van der Waals surface area (Å²) in [5, 5.41) is 9.08. The number of ketones is 1. The van der Waals surface area contributed by atoms with Crippen LogP contribution in [0.1, 0.15) is 23.1 Å². The molecule has 29 heavy (non-hydrogen) atoms. The van der Waals surface area contributed by atoms with E-state index in [1.807, 2.05) is 6.92 Å². The predicted octanol–water partition coefficient (Wildman–Crippen LogP) is 5.20. The Morgan fingerprint density at radius 2 is 2.00 bits per heavy atom. The Morgan fingerprint density at radius 1 is 1.28 bits per heavy atom. The first-order chi connectivity index (χ1) is 14.0. The van der Waals surface area contributed by atoms with Crippen molar-refractivity contribution in [1.29, 1.82) is 0 Å². The van der Waals surface area contributed by atoms with Crippen molar-refractivity contribution in [2.45, 2.75) is 30.5 Å². The number of benzene rings is 2. The molecular formula is C21H19ClFN3O2S. The third-order valence-electron chi connectivity index (χ3n) is 4.08. The Labute approximate surface area is 177 Å². The Kier molecular flexibility index (Phi) is 7.06. The molecule has 0 aliphatic carbocycles. The second-order valence-electron chi connectivity index (χ2n) is 6.15. The number of hydrogen-bond acceptors (Lipinski definition) is 5. The van der Waals surface area contributed by atoms with Gasteiger partial charge in [-0.05, 0) is 43.3 Å². The molecule has 0 fully saturated rings. The van der Waals surface area contributed by atoms with Gasteiger partial charge in [-0.25, -0.2) is 4.39 Å². The molecule has 3 rings (SSSR count). The van der Waals surface area contributed by atoms with E-state index in [1.54, 1.807) is 53.1 Å². The van der Waals surface area contributed by atoms with Crippen molar-refractivity contribution in [2.24, 2.45) is 0 Å². The van der Waals surface area contributed by atoms with Gasteiger partial charge in [-0.3, -0.25) is 9.36 Å². The van der Waals surface area contributed by atoms with Crippen LogP contribution in [-0.2, 0) is 13.2 Å². The standard InChI is InChI=1S/C21H19ClFN3O2S/c1-3-12-26-19(13-28-18-7-5-4-6-17(18)23)24-25-21(26)29-14(2)20(27)15-8-10-16(22)11-9-15/h3-11,14H,1,12-13H2,2H3/t14-/m1/s1. The fourth-order valence-corrected chi connectivity index (χ4v) is 3.67. The summed E-state index contributed by atoms with van der Waals surface area (Å²) in [5.74, 6) is 0.172. The molecule has 8 heteroatoms. The second kappa shape index (κ2) is 9.71. The van der Waals surface area contributed by atoms with E-state index in [0.717, 1.165) is 0 Å². The van der Waals surface area contributed by atoms with Crippen LogP contribution in [0.3, 0.4) is 0 Å². The molecule has 0 aliphatic rings. The average Bonchev–Trinajstić information content (AvgIpc) is 3.09. The fraction of sp³-hybridized carbons (Fsp3) is 0.190. The van der Waals surface area contributed by atoms with Gasteiger partial charge in [0, 0.05) is 17.1 Å². The van der Waals surface area contributed by atoms with E-state index in [-0.39, 0.29) is 23.4 Å². The number of nitrogens with zero attached hydrogens (tertiary/aromatic N) is 3. The first kappa shape index (κ1) is 21.1. The topological polar surface area (TPSA) is 57.0 Å². The van der Waals surface area contributed by atoms with Crippen molar-refractivity contribution < 1.29 is 13.9 Å². The van der Waals surface area contributed by atoms with E-state index in [2.05, 4.69) is 16.8 Å². The Bertz CT molecular complexity index is 1010. The number of thioether (sulfide) groups is 1. The molecule has 0 saturated carbocycles. The minimum absolute atomic E-state index is 0.0380. The molecule has 0 bridgehead atoms. The highest BCUT2D eigenvalue weighted by Crippen LogP contribution is 2.26. The van der Waals surface area contributed by atoms with Crippen LogP contribution < -0.4 is 4.74 Å². The lowest BCUT2D eigenvalue weighted by Crippen LogP contribution is -2.15. The SMILES string of the molecule is C=CCn1c(COc2ccccc2F)nnc1S[C@H](C)C(=O)c1ccc(Cl)cc1. The van der Waals surface area contributed by atoms with Crippen LogP contribution in [0.2, 0.25) is 5.02 Å². The summed E-state index contributed by atoms with van der Waals surface area (Å²) in [6, 6.07) is 12.9. The minimum Gasteiger partial charge on any atom is -0.483 e. The summed E-state index contributed by atoms with van der Waals surface area (Å²) >= 11 is 7.18. The lowest BCUT2D eigenvalue weighted by atomic mass is 10.1. The van der Waals surface area contributed by atoms with E-state index < -0.39 is 5.82 Å². The summed E-state index contributed by atoms with van der Waals surface area (Å²) < 4.78 is 21.1. The zero-order valence-corrected chi connectivity index (χ0v) is 17.3. The van der Waals surface area contributed by atoms with Crippen LogP contribution in [0, 0.1) is 5.82 Å². The average molecular weight is 432 g/mol. The number of aromatic nitrogens is 3. The van der Waals surface area contributed by atoms with Gasteiger partial charge in [0.1, 0.15) is 6.61 Å². The number of hydrogen-bond donors (Lipinski definition) is 0. The van der Waals surface area contributed by atoms with Gasteiger partial charge < -0.3 is 4.74 Å². The molecule has 1 atom stereocenters. The first-order valence-corrected chi connectivity index (χ1v) is 10.1. The highest BCUT2D eigenvalue weighted by atomic mass is 35.5. The Morgan fingerprint density at radius 3 is 2.69 bits per heavy atom. The molecule has 0 unspecified atom stereocenters. The molecule has 0 saturated heterocycles. The van der Waals surface area contributed by atoms with Gasteiger partial charge >= 0.3 is 0 Å². The lowest BCUT2D eigenvalue weighted by molar-refractivity contribution is 0.0994. The summed E-state index contributed by atoms with van der Waals surface area (Å²) in [7, 11) is 0. The third-order valence-corrected chi connectivity index (χ3v) is 5.41. The summed E-state index contributed by atoms with van der Waals surface area (Å²) in [5.41, 5.74) is 0.576. The molecule has 2 aromatic carbocycles. The fourth-order valence-electron chi connectivity index (χ4n) is 2.59. The number of rotatable bonds is 9. The van der Waals surface area contributed by atoms with E-state index in [1.165, 1.54) is 17.8 Å². The molecule has 1 aromatic heterocycles. The highest BCUT2D eigenvalue weighted by Gasteiger charge is 2.21.